The van der Waals surface area contributed by atoms with Gasteiger partial charge in [-0.15, -0.1) is 0 Å². The first kappa shape index (κ1) is 11.5. The topological polar surface area (TPSA) is 71.1 Å². The van der Waals surface area contributed by atoms with Gasteiger partial charge < -0.3 is 5.32 Å². The third-order valence-corrected chi connectivity index (χ3v) is 3.84. The van der Waals surface area contributed by atoms with Crippen molar-refractivity contribution in [2.45, 2.75) is 30.5 Å². The number of nitrogens with zero attached hydrogens (tertiary/aromatic N) is 1. The van der Waals surface area contributed by atoms with E-state index in [0.29, 0.717) is 6.04 Å². The lowest BCUT2D eigenvalue weighted by atomic mass is 10.3. The number of sulfonamides is 1. The summed E-state index contributed by atoms with van der Waals surface area (Å²) in [6.45, 7) is 0.748. The van der Waals surface area contributed by atoms with Crippen molar-refractivity contribution in [2.75, 3.05) is 7.05 Å². The Morgan fingerprint density at radius 1 is 1.44 bits per heavy atom. The first-order chi connectivity index (χ1) is 7.62. The van der Waals surface area contributed by atoms with E-state index in [0.717, 1.165) is 12.1 Å². The molecule has 1 saturated carbocycles. The molecule has 0 radical (unpaired) electrons. The van der Waals surface area contributed by atoms with Crippen LogP contribution in [0.25, 0.3) is 0 Å². The van der Waals surface area contributed by atoms with Gasteiger partial charge in [0.2, 0.25) is 0 Å². The van der Waals surface area contributed by atoms with E-state index < -0.39 is 10.0 Å². The van der Waals surface area contributed by atoms with E-state index in [1.54, 1.807) is 12.3 Å². The second kappa shape index (κ2) is 4.48. The molecule has 0 aliphatic heterocycles. The molecule has 0 bridgehead atoms. The van der Waals surface area contributed by atoms with E-state index in [9.17, 15) is 8.42 Å². The van der Waals surface area contributed by atoms with Crippen LogP contribution < -0.4 is 10.0 Å². The van der Waals surface area contributed by atoms with Crippen LogP contribution in [0, 0.1) is 0 Å². The summed E-state index contributed by atoms with van der Waals surface area (Å²) in [6, 6.07) is 3.95. The molecular formula is C10H15N3O2S. The Labute approximate surface area is 95.3 Å². The van der Waals surface area contributed by atoms with E-state index >= 15 is 0 Å². The van der Waals surface area contributed by atoms with Crippen LogP contribution in [0.2, 0.25) is 0 Å². The summed E-state index contributed by atoms with van der Waals surface area (Å²) in [5.74, 6) is 0. The smallest absolute Gasteiger partial charge is 0.257 e. The zero-order valence-electron chi connectivity index (χ0n) is 9.10. The molecule has 0 aromatic carbocycles. The first-order valence-corrected chi connectivity index (χ1v) is 6.72. The van der Waals surface area contributed by atoms with E-state index in [1.165, 1.54) is 26.0 Å². The fourth-order valence-electron chi connectivity index (χ4n) is 1.33. The second-order valence-electron chi connectivity index (χ2n) is 3.87. The zero-order chi connectivity index (χ0) is 11.6. The predicted octanol–water partition coefficient (Wildman–Crippen LogP) is 0.242. The van der Waals surface area contributed by atoms with Gasteiger partial charge in [-0.05, 0) is 31.5 Å². The van der Waals surface area contributed by atoms with Gasteiger partial charge in [-0.1, -0.05) is 6.07 Å². The van der Waals surface area contributed by atoms with Gasteiger partial charge in [0.05, 0.1) is 0 Å². The summed E-state index contributed by atoms with van der Waals surface area (Å²) in [5.41, 5.74) is 1.00. The van der Waals surface area contributed by atoms with Crippen molar-refractivity contribution in [3.63, 3.8) is 0 Å². The molecule has 0 saturated heterocycles. The molecule has 5 nitrogen and oxygen atoms in total. The van der Waals surface area contributed by atoms with Crippen molar-refractivity contribution < 1.29 is 8.42 Å². The molecule has 0 unspecified atom stereocenters. The maximum Gasteiger partial charge on any atom is 0.257 e. The number of pyridine rings is 1. The van der Waals surface area contributed by atoms with Gasteiger partial charge in [0, 0.05) is 18.8 Å². The summed E-state index contributed by atoms with van der Waals surface area (Å²) in [7, 11) is -2.04. The maximum atomic E-state index is 11.4. The molecule has 1 aromatic rings. The minimum Gasteiger partial charge on any atom is -0.310 e. The van der Waals surface area contributed by atoms with Gasteiger partial charge in [-0.3, -0.25) is 0 Å². The predicted molar refractivity (Wildman–Crippen MR) is 60.3 cm³/mol. The van der Waals surface area contributed by atoms with Gasteiger partial charge in [-0.25, -0.2) is 18.1 Å². The average Bonchev–Trinajstić information content (AvgIpc) is 3.11. The lowest BCUT2D eigenvalue weighted by Crippen LogP contribution is -2.20. The highest BCUT2D eigenvalue weighted by atomic mass is 32.2. The molecule has 2 rings (SSSR count). The standard InChI is InChI=1S/C10H15N3O2S/c1-11-16(14,15)10-5-2-8(7-13-10)6-12-9-3-4-9/h2,5,7,9,11-12H,3-4,6H2,1H3. The molecule has 1 heterocycles. The zero-order valence-corrected chi connectivity index (χ0v) is 9.92. The van der Waals surface area contributed by atoms with Crippen molar-refractivity contribution in [3.05, 3.63) is 23.9 Å². The molecule has 2 N–H and O–H groups in total. The van der Waals surface area contributed by atoms with Crippen molar-refractivity contribution in [2.24, 2.45) is 0 Å². The van der Waals surface area contributed by atoms with Crippen LogP contribution in [0.4, 0.5) is 0 Å². The molecule has 0 amide bonds. The lowest BCUT2D eigenvalue weighted by Gasteiger charge is -2.04. The molecule has 1 aromatic heterocycles. The van der Waals surface area contributed by atoms with E-state index in [2.05, 4.69) is 15.0 Å². The van der Waals surface area contributed by atoms with Gasteiger partial charge in [0.15, 0.2) is 5.03 Å². The normalized spacial score (nSPS) is 16.3. The van der Waals surface area contributed by atoms with E-state index in [-0.39, 0.29) is 5.03 Å². The van der Waals surface area contributed by atoms with E-state index in [1.807, 2.05) is 0 Å². The fraction of sp³-hybridized carbons (Fsp3) is 0.500. The Balaban J connectivity index is 2.03. The van der Waals surface area contributed by atoms with E-state index in [4.69, 9.17) is 0 Å². The minimum absolute atomic E-state index is 0.0603. The van der Waals surface area contributed by atoms with Gasteiger partial charge in [0.1, 0.15) is 0 Å². The van der Waals surface area contributed by atoms with Crippen LogP contribution in [0.3, 0.4) is 0 Å². The molecule has 6 heteroatoms. The van der Waals surface area contributed by atoms with Crippen molar-refractivity contribution in [3.8, 4) is 0 Å². The van der Waals surface area contributed by atoms with Crippen LogP contribution in [0.1, 0.15) is 18.4 Å². The van der Waals surface area contributed by atoms with Crippen molar-refractivity contribution in [1.82, 2.24) is 15.0 Å². The molecule has 0 spiro atoms. The second-order valence-corrected chi connectivity index (χ2v) is 5.70. The number of hydrogen-bond acceptors (Lipinski definition) is 4. The molecule has 1 aliphatic carbocycles. The quantitative estimate of drug-likeness (QED) is 0.775. The Morgan fingerprint density at radius 3 is 2.69 bits per heavy atom. The molecule has 88 valence electrons. The van der Waals surface area contributed by atoms with Crippen LogP contribution in [-0.4, -0.2) is 26.5 Å². The monoisotopic (exact) mass is 241 g/mol. The van der Waals surface area contributed by atoms with Crippen molar-refractivity contribution >= 4 is 10.0 Å². The van der Waals surface area contributed by atoms with Gasteiger partial charge in [0.25, 0.3) is 10.0 Å². The summed E-state index contributed by atoms with van der Waals surface area (Å²) < 4.78 is 25.0. The highest BCUT2D eigenvalue weighted by molar-refractivity contribution is 7.89. The van der Waals surface area contributed by atoms with Crippen LogP contribution >= 0.6 is 0 Å². The largest absolute Gasteiger partial charge is 0.310 e. The van der Waals surface area contributed by atoms with Gasteiger partial charge in [-0.2, -0.15) is 0 Å². The molecule has 16 heavy (non-hydrogen) atoms. The lowest BCUT2D eigenvalue weighted by molar-refractivity contribution is 0.584. The number of aromatic nitrogens is 1. The fourth-order valence-corrected chi connectivity index (χ4v) is 1.98. The highest BCUT2D eigenvalue weighted by Gasteiger charge is 2.20. The average molecular weight is 241 g/mol. The number of nitrogens with one attached hydrogen (secondary N) is 2. The van der Waals surface area contributed by atoms with Crippen LogP contribution in [0.15, 0.2) is 23.4 Å². The Morgan fingerprint density at radius 2 is 2.19 bits per heavy atom. The molecule has 0 atom stereocenters. The highest BCUT2D eigenvalue weighted by Crippen LogP contribution is 2.19. The summed E-state index contributed by atoms with van der Waals surface area (Å²) >= 11 is 0. The van der Waals surface area contributed by atoms with Gasteiger partial charge >= 0.3 is 0 Å². The number of hydrogen-bond donors (Lipinski definition) is 2. The first-order valence-electron chi connectivity index (χ1n) is 5.24. The van der Waals surface area contributed by atoms with Crippen LogP contribution in [-0.2, 0) is 16.6 Å². The number of rotatable bonds is 5. The Hall–Kier alpha value is -0.980. The summed E-state index contributed by atoms with van der Waals surface area (Å²) in [6.07, 6.45) is 4.07. The summed E-state index contributed by atoms with van der Waals surface area (Å²) in [5, 5.41) is 3.40. The van der Waals surface area contributed by atoms with Crippen LogP contribution in [0.5, 0.6) is 0 Å². The molecule has 1 aliphatic rings. The Bertz CT molecular complexity index is 451. The third-order valence-electron chi connectivity index (χ3n) is 2.51. The SMILES string of the molecule is CNS(=O)(=O)c1ccc(CNC2CC2)cn1. The summed E-state index contributed by atoms with van der Waals surface area (Å²) in [4.78, 5) is 3.93. The minimum atomic E-state index is -3.42. The maximum absolute atomic E-state index is 11.4. The third kappa shape index (κ3) is 2.78. The molecule has 1 fully saturated rings. The molecular weight excluding hydrogens is 226 g/mol. The Kier molecular flexibility index (Phi) is 3.22. The van der Waals surface area contributed by atoms with Crippen molar-refractivity contribution in [1.29, 1.82) is 0 Å².